The van der Waals surface area contributed by atoms with E-state index in [9.17, 15) is 19.1 Å². The fraction of sp³-hybridized carbons (Fsp3) is 0.579. The summed E-state index contributed by atoms with van der Waals surface area (Å²) in [6, 6.07) is 4.98. The summed E-state index contributed by atoms with van der Waals surface area (Å²) >= 11 is 0. The fourth-order valence-electron chi connectivity index (χ4n) is 4.25. The van der Waals surface area contributed by atoms with Crippen molar-refractivity contribution in [1.29, 1.82) is 0 Å². The van der Waals surface area contributed by atoms with E-state index >= 15 is 0 Å². The monoisotopic (exact) mass is 349 g/mol. The largest absolute Gasteiger partial charge is 0.494 e. The van der Waals surface area contributed by atoms with Gasteiger partial charge in [0.05, 0.1) is 12.5 Å². The normalized spacial score (nSPS) is 27.8. The molecule has 5 nitrogen and oxygen atoms in total. The van der Waals surface area contributed by atoms with Crippen LogP contribution >= 0.6 is 0 Å². The van der Waals surface area contributed by atoms with Crippen LogP contribution in [0, 0.1) is 16.6 Å². The third kappa shape index (κ3) is 3.10. The van der Waals surface area contributed by atoms with Crippen LogP contribution in [0.15, 0.2) is 18.2 Å². The Kier molecular flexibility index (Phi) is 4.71. The molecule has 3 aliphatic rings. The van der Waals surface area contributed by atoms with Gasteiger partial charge >= 0.3 is 5.97 Å². The van der Waals surface area contributed by atoms with Gasteiger partial charge in [0, 0.05) is 12.0 Å². The van der Waals surface area contributed by atoms with Gasteiger partial charge in [0.2, 0.25) is 5.91 Å². The second-order valence-electron chi connectivity index (χ2n) is 7.31. The second kappa shape index (κ2) is 6.65. The van der Waals surface area contributed by atoms with E-state index in [0.29, 0.717) is 57.1 Å². The SMILES string of the molecule is COc1cccc(CCNC(=O)C23CCC(C(=O)O)(CC2)CC3)c1F. The number of carbonyl (C=O) groups excluding carboxylic acids is 1. The van der Waals surface area contributed by atoms with Gasteiger partial charge in [-0.1, -0.05) is 12.1 Å². The number of methoxy groups -OCH3 is 1. The number of halogens is 1. The number of carboxylic acids is 1. The summed E-state index contributed by atoms with van der Waals surface area (Å²) < 4.78 is 19.1. The van der Waals surface area contributed by atoms with Crippen molar-refractivity contribution in [3.05, 3.63) is 29.6 Å². The smallest absolute Gasteiger partial charge is 0.309 e. The summed E-state index contributed by atoms with van der Waals surface area (Å²) in [4.78, 5) is 24.1. The van der Waals surface area contributed by atoms with Gasteiger partial charge in [-0.2, -0.15) is 0 Å². The van der Waals surface area contributed by atoms with Crippen molar-refractivity contribution in [2.75, 3.05) is 13.7 Å². The summed E-state index contributed by atoms with van der Waals surface area (Å²) in [5.74, 6) is -0.935. The molecule has 1 amide bonds. The number of carbonyl (C=O) groups is 2. The number of benzene rings is 1. The molecule has 3 aliphatic carbocycles. The van der Waals surface area contributed by atoms with Gasteiger partial charge in [-0.3, -0.25) is 9.59 Å². The Bertz CT molecular complexity index is 663. The zero-order valence-corrected chi connectivity index (χ0v) is 14.4. The number of fused-ring (bicyclic) bond motifs is 3. The summed E-state index contributed by atoms with van der Waals surface area (Å²) in [6.07, 6.45) is 3.97. The molecule has 0 radical (unpaired) electrons. The molecule has 0 saturated heterocycles. The predicted octanol–water partition coefficient (Wildman–Crippen LogP) is 2.92. The predicted molar refractivity (Wildman–Crippen MR) is 89.9 cm³/mol. The van der Waals surface area contributed by atoms with Gasteiger partial charge < -0.3 is 15.2 Å². The second-order valence-corrected chi connectivity index (χ2v) is 7.31. The number of hydrogen-bond acceptors (Lipinski definition) is 3. The van der Waals surface area contributed by atoms with Crippen molar-refractivity contribution >= 4 is 11.9 Å². The summed E-state index contributed by atoms with van der Waals surface area (Å²) in [5, 5.41) is 12.4. The van der Waals surface area contributed by atoms with Gasteiger partial charge in [0.25, 0.3) is 0 Å². The Morgan fingerprint density at radius 2 is 1.76 bits per heavy atom. The Labute approximate surface area is 146 Å². The molecular formula is C19H24FNO4. The van der Waals surface area contributed by atoms with Crippen LogP contribution in [0.2, 0.25) is 0 Å². The lowest BCUT2D eigenvalue weighted by Gasteiger charge is -2.50. The number of aliphatic carboxylic acids is 1. The van der Waals surface area contributed by atoms with E-state index in [1.54, 1.807) is 18.2 Å². The molecule has 0 atom stereocenters. The molecule has 136 valence electrons. The lowest BCUT2D eigenvalue weighted by molar-refractivity contribution is -0.163. The van der Waals surface area contributed by atoms with E-state index in [0.717, 1.165) is 0 Å². The number of nitrogens with one attached hydrogen (secondary N) is 1. The zero-order chi connectivity index (χ0) is 18.1. The maximum Gasteiger partial charge on any atom is 0.309 e. The highest BCUT2D eigenvalue weighted by Gasteiger charge is 2.55. The molecule has 0 aromatic heterocycles. The molecule has 0 spiro atoms. The summed E-state index contributed by atoms with van der Waals surface area (Å²) in [7, 11) is 1.42. The van der Waals surface area contributed by atoms with Crippen LogP contribution < -0.4 is 10.1 Å². The maximum atomic E-state index is 14.1. The van der Waals surface area contributed by atoms with Crippen LogP contribution in [0.25, 0.3) is 0 Å². The molecule has 0 heterocycles. The van der Waals surface area contributed by atoms with E-state index in [-0.39, 0.29) is 17.5 Å². The molecule has 6 heteroatoms. The molecule has 3 fully saturated rings. The molecule has 0 aliphatic heterocycles. The molecule has 25 heavy (non-hydrogen) atoms. The number of hydrogen-bond donors (Lipinski definition) is 2. The minimum absolute atomic E-state index is 0.0190. The molecule has 1 aromatic carbocycles. The first-order valence-electron chi connectivity index (χ1n) is 8.76. The molecule has 4 rings (SSSR count). The van der Waals surface area contributed by atoms with Crippen LogP contribution in [0.1, 0.15) is 44.1 Å². The molecular weight excluding hydrogens is 325 g/mol. The van der Waals surface area contributed by atoms with Crippen molar-refractivity contribution < 1.29 is 23.8 Å². The van der Waals surface area contributed by atoms with E-state index in [1.165, 1.54) is 7.11 Å². The zero-order valence-electron chi connectivity index (χ0n) is 14.4. The summed E-state index contributed by atoms with van der Waals surface area (Å²) in [6.45, 7) is 0.356. The first kappa shape index (κ1) is 17.7. The Hall–Kier alpha value is -2.11. The minimum atomic E-state index is -0.727. The number of amides is 1. The third-order valence-electron chi connectivity index (χ3n) is 6.12. The highest BCUT2D eigenvalue weighted by molar-refractivity contribution is 5.84. The van der Waals surface area contributed by atoms with Crippen molar-refractivity contribution in [3.63, 3.8) is 0 Å². The number of ether oxygens (including phenoxy) is 1. The van der Waals surface area contributed by atoms with Crippen LogP contribution in [0.4, 0.5) is 4.39 Å². The van der Waals surface area contributed by atoms with Gasteiger partial charge in [-0.25, -0.2) is 4.39 Å². The van der Waals surface area contributed by atoms with Crippen LogP contribution in [-0.4, -0.2) is 30.6 Å². The lowest BCUT2D eigenvalue weighted by atomic mass is 9.53. The first-order chi connectivity index (χ1) is 11.9. The van der Waals surface area contributed by atoms with Crippen LogP contribution in [0.5, 0.6) is 5.75 Å². The standard InChI is InChI=1S/C19H24FNO4/c1-25-14-4-2-3-13(15(14)20)5-12-21-16(22)18-6-9-19(10-7-18,11-8-18)17(23)24/h2-4H,5-12H2,1H3,(H,21,22)(H,23,24). The topological polar surface area (TPSA) is 75.6 Å². The van der Waals surface area contributed by atoms with Gasteiger partial charge in [-0.05, 0) is 56.6 Å². The first-order valence-corrected chi connectivity index (χ1v) is 8.76. The molecule has 2 bridgehead atoms. The van der Waals surface area contributed by atoms with E-state index < -0.39 is 16.8 Å². The van der Waals surface area contributed by atoms with Crippen LogP contribution in [-0.2, 0) is 16.0 Å². The quantitative estimate of drug-likeness (QED) is 0.828. The highest BCUT2D eigenvalue weighted by atomic mass is 19.1. The highest BCUT2D eigenvalue weighted by Crippen LogP contribution is 2.57. The third-order valence-corrected chi connectivity index (χ3v) is 6.12. The average Bonchev–Trinajstić information content (AvgIpc) is 2.64. The van der Waals surface area contributed by atoms with E-state index in [4.69, 9.17) is 4.74 Å². The van der Waals surface area contributed by atoms with Crippen molar-refractivity contribution in [3.8, 4) is 5.75 Å². The molecule has 0 unspecified atom stereocenters. The Morgan fingerprint density at radius 1 is 1.16 bits per heavy atom. The number of carboxylic acid groups (broad SMARTS) is 1. The molecule has 3 saturated carbocycles. The molecule has 2 N–H and O–H groups in total. The van der Waals surface area contributed by atoms with Crippen molar-refractivity contribution in [2.24, 2.45) is 10.8 Å². The number of rotatable bonds is 6. The van der Waals surface area contributed by atoms with Crippen LogP contribution in [0.3, 0.4) is 0 Å². The van der Waals surface area contributed by atoms with Gasteiger partial charge in [-0.15, -0.1) is 0 Å². The summed E-state index contributed by atoms with van der Waals surface area (Å²) in [5.41, 5.74) is -0.551. The average molecular weight is 349 g/mol. The maximum absolute atomic E-state index is 14.1. The fourth-order valence-corrected chi connectivity index (χ4v) is 4.25. The van der Waals surface area contributed by atoms with Gasteiger partial charge in [0.1, 0.15) is 0 Å². The van der Waals surface area contributed by atoms with Crippen molar-refractivity contribution in [1.82, 2.24) is 5.32 Å². The Balaban J connectivity index is 1.57. The molecule has 1 aromatic rings. The minimum Gasteiger partial charge on any atom is -0.494 e. The van der Waals surface area contributed by atoms with Gasteiger partial charge in [0.15, 0.2) is 11.6 Å². The lowest BCUT2D eigenvalue weighted by Crippen LogP contribution is -2.52. The van der Waals surface area contributed by atoms with Crippen molar-refractivity contribution in [2.45, 2.75) is 44.9 Å². The Morgan fingerprint density at radius 3 is 2.32 bits per heavy atom. The van der Waals surface area contributed by atoms with E-state index in [2.05, 4.69) is 5.32 Å². The van der Waals surface area contributed by atoms with E-state index in [1.807, 2.05) is 0 Å².